The molecule has 3 atom stereocenters. The summed E-state index contributed by atoms with van der Waals surface area (Å²) >= 11 is 5.81. The molecule has 0 radical (unpaired) electrons. The maximum atomic E-state index is 14.6. The van der Waals surface area contributed by atoms with Crippen molar-refractivity contribution in [3.8, 4) is 16.9 Å². The van der Waals surface area contributed by atoms with Gasteiger partial charge in [0.2, 0.25) is 0 Å². The Hall–Kier alpha value is -2.28. The van der Waals surface area contributed by atoms with Crippen molar-refractivity contribution in [2.45, 2.75) is 39.2 Å². The number of carbonyl (C=O) groups excluding carboxylic acids is 1. The predicted molar refractivity (Wildman–Crippen MR) is 103 cm³/mol. The first-order valence-corrected chi connectivity index (χ1v) is 9.75. The molecule has 1 heterocycles. The van der Waals surface area contributed by atoms with E-state index in [0.717, 1.165) is 12.5 Å². The van der Waals surface area contributed by atoms with E-state index in [4.69, 9.17) is 16.3 Å². The Morgan fingerprint density at radius 3 is 2.59 bits per heavy atom. The zero-order chi connectivity index (χ0) is 21.1. The minimum absolute atomic E-state index is 0.208. The number of nitrogens with zero attached hydrogens (tertiary/aromatic N) is 1. The van der Waals surface area contributed by atoms with Crippen LogP contribution in [0.1, 0.15) is 38.3 Å². The number of alkyl halides is 2. The van der Waals surface area contributed by atoms with Crippen molar-refractivity contribution >= 4 is 17.6 Å². The van der Waals surface area contributed by atoms with Crippen molar-refractivity contribution in [3.63, 3.8) is 0 Å². The second-order valence-corrected chi connectivity index (χ2v) is 7.51. The van der Waals surface area contributed by atoms with Crippen LogP contribution in [0.5, 0.6) is 5.75 Å². The number of hydrogen-bond donors (Lipinski definition) is 0. The highest BCUT2D eigenvalue weighted by molar-refractivity contribution is 6.31. The summed E-state index contributed by atoms with van der Waals surface area (Å²) in [5.41, 5.74) is 0.497. The van der Waals surface area contributed by atoms with E-state index in [0.29, 0.717) is 24.0 Å². The molecule has 0 aliphatic heterocycles. The van der Waals surface area contributed by atoms with Gasteiger partial charge in [-0.15, -0.1) is 0 Å². The molecule has 1 aliphatic rings. The van der Waals surface area contributed by atoms with E-state index in [1.165, 1.54) is 18.3 Å². The van der Waals surface area contributed by atoms with Gasteiger partial charge in [-0.25, -0.2) is 4.39 Å². The number of aromatic nitrogens is 1. The Bertz CT molecular complexity index is 876. The SMILES string of the molecule is CCOC(=O)C(CC1CC1C)c1ccc(-c2c(OC(F)F)ccc(Cl)c2F)cn1. The summed E-state index contributed by atoms with van der Waals surface area (Å²) in [5, 5.41) is -0.224. The van der Waals surface area contributed by atoms with Gasteiger partial charge >= 0.3 is 12.6 Å². The van der Waals surface area contributed by atoms with Crippen molar-refractivity contribution in [3.05, 3.63) is 47.0 Å². The second-order valence-electron chi connectivity index (χ2n) is 7.10. The molecule has 1 saturated carbocycles. The van der Waals surface area contributed by atoms with Crippen LogP contribution < -0.4 is 4.74 Å². The summed E-state index contributed by atoms with van der Waals surface area (Å²) in [6.45, 7) is 0.999. The molecule has 0 saturated heterocycles. The van der Waals surface area contributed by atoms with E-state index < -0.39 is 18.3 Å². The molecule has 0 N–H and O–H groups in total. The topological polar surface area (TPSA) is 48.4 Å². The minimum atomic E-state index is -3.12. The average Bonchev–Trinajstić information content (AvgIpc) is 3.38. The summed E-state index contributed by atoms with van der Waals surface area (Å²) < 4.78 is 49.5. The Labute approximate surface area is 172 Å². The highest BCUT2D eigenvalue weighted by Crippen LogP contribution is 2.45. The highest BCUT2D eigenvalue weighted by Gasteiger charge is 2.38. The summed E-state index contributed by atoms with van der Waals surface area (Å²) in [5.74, 6) is -1.12. The van der Waals surface area contributed by atoms with Gasteiger partial charge in [0.15, 0.2) is 5.82 Å². The maximum absolute atomic E-state index is 14.6. The van der Waals surface area contributed by atoms with Crippen LogP contribution >= 0.6 is 11.6 Å². The maximum Gasteiger partial charge on any atom is 0.387 e. The van der Waals surface area contributed by atoms with E-state index in [1.807, 2.05) is 0 Å². The number of esters is 1. The second kappa shape index (κ2) is 9.03. The van der Waals surface area contributed by atoms with E-state index >= 15 is 0 Å². The van der Waals surface area contributed by atoms with Crippen LogP contribution in [-0.2, 0) is 9.53 Å². The Balaban J connectivity index is 1.92. The lowest BCUT2D eigenvalue weighted by Gasteiger charge is -2.16. The van der Waals surface area contributed by atoms with E-state index in [2.05, 4.69) is 16.6 Å². The summed E-state index contributed by atoms with van der Waals surface area (Å²) in [6.07, 6.45) is 3.00. The molecule has 156 valence electrons. The largest absolute Gasteiger partial charge is 0.465 e. The standard InChI is InChI=1S/C21H21ClF3NO3/c1-3-28-20(27)14(9-13-8-11(13)2)16-6-4-12(10-26-16)18-17(29-21(24)25)7-5-15(22)19(18)23/h4-7,10-11,13-14,21H,3,8-9H2,1-2H3. The van der Waals surface area contributed by atoms with Crippen LogP contribution in [0, 0.1) is 17.7 Å². The monoisotopic (exact) mass is 427 g/mol. The van der Waals surface area contributed by atoms with Gasteiger partial charge in [0, 0.05) is 11.8 Å². The van der Waals surface area contributed by atoms with Crippen molar-refractivity contribution in [1.29, 1.82) is 0 Å². The molecule has 4 nitrogen and oxygen atoms in total. The molecule has 1 aromatic heterocycles. The molecule has 1 aliphatic carbocycles. The Morgan fingerprint density at radius 1 is 1.31 bits per heavy atom. The van der Waals surface area contributed by atoms with Crippen LogP contribution in [0.2, 0.25) is 5.02 Å². The quantitative estimate of drug-likeness (QED) is 0.497. The van der Waals surface area contributed by atoms with Gasteiger partial charge in [-0.2, -0.15) is 8.78 Å². The number of hydrogen-bond acceptors (Lipinski definition) is 4. The van der Waals surface area contributed by atoms with Crippen molar-refractivity contribution in [1.82, 2.24) is 4.98 Å². The summed E-state index contributed by atoms with van der Waals surface area (Å²) in [6, 6.07) is 5.42. The number of carbonyl (C=O) groups is 1. The third kappa shape index (κ3) is 5.01. The summed E-state index contributed by atoms with van der Waals surface area (Å²) in [4.78, 5) is 16.7. The molecule has 1 fully saturated rings. The van der Waals surface area contributed by atoms with Crippen LogP contribution in [0.15, 0.2) is 30.5 Å². The van der Waals surface area contributed by atoms with Crippen LogP contribution in [0.25, 0.3) is 11.1 Å². The van der Waals surface area contributed by atoms with Crippen molar-refractivity contribution in [2.24, 2.45) is 11.8 Å². The van der Waals surface area contributed by atoms with Crippen LogP contribution in [0.3, 0.4) is 0 Å². The molecular formula is C21H21ClF3NO3. The number of rotatable bonds is 8. The van der Waals surface area contributed by atoms with Gasteiger partial charge in [0.1, 0.15) is 5.75 Å². The first-order valence-electron chi connectivity index (χ1n) is 9.37. The highest BCUT2D eigenvalue weighted by atomic mass is 35.5. The molecule has 0 amide bonds. The number of pyridine rings is 1. The Morgan fingerprint density at radius 2 is 2.03 bits per heavy atom. The molecule has 3 rings (SSSR count). The van der Waals surface area contributed by atoms with Gasteiger partial charge < -0.3 is 9.47 Å². The average molecular weight is 428 g/mol. The zero-order valence-electron chi connectivity index (χ0n) is 16.0. The van der Waals surface area contributed by atoms with E-state index in [9.17, 15) is 18.0 Å². The van der Waals surface area contributed by atoms with Gasteiger partial charge in [0.25, 0.3) is 0 Å². The van der Waals surface area contributed by atoms with Crippen molar-refractivity contribution < 1.29 is 27.4 Å². The van der Waals surface area contributed by atoms with Crippen LogP contribution in [-0.4, -0.2) is 24.2 Å². The predicted octanol–water partition coefficient (Wildman–Crippen LogP) is 5.84. The number of ether oxygens (including phenoxy) is 2. The van der Waals surface area contributed by atoms with E-state index in [1.54, 1.807) is 13.0 Å². The van der Waals surface area contributed by atoms with Gasteiger partial charge in [-0.3, -0.25) is 9.78 Å². The lowest BCUT2D eigenvalue weighted by Crippen LogP contribution is -2.18. The fourth-order valence-corrected chi connectivity index (χ4v) is 3.52. The molecule has 0 spiro atoms. The lowest BCUT2D eigenvalue weighted by atomic mass is 9.96. The molecule has 8 heteroatoms. The first kappa shape index (κ1) is 21.4. The fourth-order valence-electron chi connectivity index (χ4n) is 3.37. The Kier molecular flexibility index (Phi) is 6.67. The first-order chi connectivity index (χ1) is 13.8. The smallest absolute Gasteiger partial charge is 0.387 e. The minimum Gasteiger partial charge on any atom is -0.465 e. The third-order valence-electron chi connectivity index (χ3n) is 5.09. The molecule has 2 aromatic rings. The molecule has 0 bridgehead atoms. The van der Waals surface area contributed by atoms with Gasteiger partial charge in [0.05, 0.1) is 28.8 Å². The normalized spacial score (nSPS) is 19.1. The molecule has 3 unspecified atom stereocenters. The fraction of sp³-hybridized carbons (Fsp3) is 0.429. The van der Waals surface area contributed by atoms with Gasteiger partial charge in [-0.1, -0.05) is 24.6 Å². The molecule has 1 aromatic carbocycles. The lowest BCUT2D eigenvalue weighted by molar-refractivity contribution is -0.145. The number of benzene rings is 1. The number of halogens is 4. The molecule has 29 heavy (non-hydrogen) atoms. The third-order valence-corrected chi connectivity index (χ3v) is 5.38. The molecular weight excluding hydrogens is 407 g/mol. The van der Waals surface area contributed by atoms with E-state index in [-0.39, 0.29) is 34.5 Å². The van der Waals surface area contributed by atoms with Crippen LogP contribution in [0.4, 0.5) is 13.2 Å². The van der Waals surface area contributed by atoms with Crippen molar-refractivity contribution in [2.75, 3.05) is 6.61 Å². The zero-order valence-corrected chi connectivity index (χ0v) is 16.8. The van der Waals surface area contributed by atoms with Gasteiger partial charge in [-0.05, 0) is 49.8 Å². The summed E-state index contributed by atoms with van der Waals surface area (Å²) in [7, 11) is 0.